The molecule has 0 aliphatic carbocycles. The van der Waals surface area contributed by atoms with Crippen LogP contribution in [0.5, 0.6) is 17.2 Å². The fourth-order valence-electron chi connectivity index (χ4n) is 3.18. The van der Waals surface area contributed by atoms with E-state index in [2.05, 4.69) is 10.1 Å². The Hall–Kier alpha value is -3.59. The number of aliphatic hydroxyl groups is 1. The number of para-hydroxylation sites is 1. The highest BCUT2D eigenvalue weighted by molar-refractivity contribution is 7.19. The summed E-state index contributed by atoms with van der Waals surface area (Å²) in [6.07, 6.45) is 1.58. The van der Waals surface area contributed by atoms with E-state index < -0.39 is 0 Å². The van der Waals surface area contributed by atoms with E-state index in [4.69, 9.17) is 19.6 Å². The highest BCUT2D eigenvalue weighted by Gasteiger charge is 2.30. The molecule has 1 aliphatic heterocycles. The molecule has 0 radical (unpaired) electrons. The first-order valence-electron chi connectivity index (χ1n) is 9.04. The summed E-state index contributed by atoms with van der Waals surface area (Å²) in [6, 6.07) is 11.2. The monoisotopic (exact) mass is 424 g/mol. The van der Waals surface area contributed by atoms with Gasteiger partial charge in [0.25, 0.3) is 0 Å². The molecule has 0 fully saturated rings. The Labute approximate surface area is 177 Å². The SMILES string of the molecule is COc1cc(/C=N\N2CC(O)=C(c3nc4ccccc4s3)C2=N)cc(OC)c1OC. The lowest BCUT2D eigenvalue weighted by Gasteiger charge is -2.14. The predicted octanol–water partition coefficient (Wildman–Crippen LogP) is 3.92. The van der Waals surface area contributed by atoms with Crippen molar-refractivity contribution < 1.29 is 19.3 Å². The molecule has 30 heavy (non-hydrogen) atoms. The highest BCUT2D eigenvalue weighted by atomic mass is 32.1. The Kier molecular flexibility index (Phi) is 5.28. The average Bonchev–Trinajstić information content (AvgIpc) is 3.30. The van der Waals surface area contributed by atoms with Gasteiger partial charge in [0, 0.05) is 5.56 Å². The number of nitrogens with zero attached hydrogens (tertiary/aromatic N) is 3. The summed E-state index contributed by atoms with van der Waals surface area (Å²) in [5, 5.41) is 25.3. The van der Waals surface area contributed by atoms with Crippen LogP contribution < -0.4 is 14.2 Å². The van der Waals surface area contributed by atoms with Crippen molar-refractivity contribution in [2.75, 3.05) is 27.9 Å². The van der Waals surface area contributed by atoms with E-state index in [0.29, 0.717) is 33.4 Å². The molecule has 154 valence electrons. The standard InChI is InChI=1S/C21H20N4O4S/c1-27-15-8-12(9-16(28-2)19(15)29-3)10-23-25-11-14(26)18(20(25)22)21-24-13-6-4-5-7-17(13)30-21/h4-10,22,26H,11H2,1-3H3/b22-20?,23-10-. The van der Waals surface area contributed by atoms with Crippen molar-refractivity contribution >= 4 is 39.2 Å². The first-order valence-corrected chi connectivity index (χ1v) is 9.85. The minimum absolute atomic E-state index is 0.0705. The highest BCUT2D eigenvalue weighted by Crippen LogP contribution is 2.38. The minimum Gasteiger partial charge on any atom is -0.509 e. The molecule has 8 nitrogen and oxygen atoms in total. The van der Waals surface area contributed by atoms with Gasteiger partial charge in [0.15, 0.2) is 17.3 Å². The van der Waals surface area contributed by atoms with E-state index in [9.17, 15) is 5.11 Å². The summed E-state index contributed by atoms with van der Waals surface area (Å²) < 4.78 is 17.0. The molecular formula is C21H20N4O4S. The zero-order valence-corrected chi connectivity index (χ0v) is 17.5. The Balaban J connectivity index is 1.60. The van der Waals surface area contributed by atoms with E-state index in [1.807, 2.05) is 24.3 Å². The van der Waals surface area contributed by atoms with Gasteiger partial charge in [-0.15, -0.1) is 11.3 Å². The molecule has 1 aliphatic rings. The molecule has 0 saturated heterocycles. The third-order valence-corrected chi connectivity index (χ3v) is 5.68. The van der Waals surface area contributed by atoms with Gasteiger partial charge in [0.2, 0.25) is 5.75 Å². The maximum atomic E-state index is 10.5. The van der Waals surface area contributed by atoms with Crippen LogP contribution in [0.3, 0.4) is 0 Å². The molecule has 0 bridgehead atoms. The lowest BCUT2D eigenvalue weighted by atomic mass is 10.2. The average molecular weight is 424 g/mol. The van der Waals surface area contributed by atoms with Crippen LogP contribution in [0.25, 0.3) is 15.8 Å². The van der Waals surface area contributed by atoms with Gasteiger partial charge in [-0.05, 0) is 24.3 Å². The van der Waals surface area contributed by atoms with Crippen LogP contribution in [0.15, 0.2) is 47.3 Å². The van der Waals surface area contributed by atoms with Crippen LogP contribution in [0.2, 0.25) is 0 Å². The largest absolute Gasteiger partial charge is 0.509 e. The second-order valence-electron chi connectivity index (χ2n) is 6.42. The van der Waals surface area contributed by atoms with E-state index in [1.165, 1.54) is 23.5 Å². The van der Waals surface area contributed by atoms with Crippen molar-refractivity contribution in [3.8, 4) is 17.2 Å². The Bertz CT molecular complexity index is 1130. The number of aromatic nitrogens is 1. The van der Waals surface area contributed by atoms with Crippen LogP contribution in [0.4, 0.5) is 0 Å². The summed E-state index contributed by atoms with van der Waals surface area (Å²) >= 11 is 1.44. The van der Waals surface area contributed by atoms with Gasteiger partial charge in [0.05, 0.1) is 43.3 Å². The number of hydrogen-bond donors (Lipinski definition) is 2. The summed E-state index contributed by atoms with van der Waals surface area (Å²) in [7, 11) is 4.62. The number of nitrogens with one attached hydrogen (secondary N) is 1. The van der Waals surface area contributed by atoms with Crippen molar-refractivity contribution in [3.05, 3.63) is 52.7 Å². The molecule has 2 N–H and O–H groups in total. The van der Waals surface area contributed by atoms with E-state index in [0.717, 1.165) is 10.2 Å². The topological polar surface area (TPSA) is 100 Å². The molecule has 1 aromatic heterocycles. The van der Waals surface area contributed by atoms with Gasteiger partial charge in [0.1, 0.15) is 17.3 Å². The molecule has 0 amide bonds. The van der Waals surface area contributed by atoms with Gasteiger partial charge in [-0.2, -0.15) is 5.10 Å². The predicted molar refractivity (Wildman–Crippen MR) is 117 cm³/mol. The van der Waals surface area contributed by atoms with Crippen LogP contribution in [-0.2, 0) is 0 Å². The summed E-state index contributed by atoms with van der Waals surface area (Å²) in [6.45, 7) is 0.102. The fourth-order valence-corrected chi connectivity index (χ4v) is 4.21. The lowest BCUT2D eigenvalue weighted by molar-refractivity contribution is 0.324. The lowest BCUT2D eigenvalue weighted by Crippen LogP contribution is -2.20. The zero-order chi connectivity index (χ0) is 21.3. The molecule has 3 aromatic rings. The zero-order valence-electron chi connectivity index (χ0n) is 16.7. The summed E-state index contributed by atoms with van der Waals surface area (Å²) in [4.78, 5) is 4.55. The number of aliphatic hydroxyl groups excluding tert-OH is 1. The van der Waals surface area contributed by atoms with Crippen LogP contribution in [0, 0.1) is 5.41 Å². The number of thiazole rings is 1. The second-order valence-corrected chi connectivity index (χ2v) is 7.45. The van der Waals surface area contributed by atoms with Crippen molar-refractivity contribution in [1.29, 1.82) is 5.41 Å². The smallest absolute Gasteiger partial charge is 0.203 e. The third-order valence-electron chi connectivity index (χ3n) is 4.62. The van der Waals surface area contributed by atoms with Gasteiger partial charge in [-0.3, -0.25) is 5.41 Å². The van der Waals surface area contributed by atoms with Crippen molar-refractivity contribution in [3.63, 3.8) is 0 Å². The van der Waals surface area contributed by atoms with E-state index >= 15 is 0 Å². The number of benzene rings is 2. The number of rotatable bonds is 6. The molecule has 0 spiro atoms. The molecule has 0 unspecified atom stereocenters. The van der Waals surface area contributed by atoms with Gasteiger partial charge in [-0.1, -0.05) is 12.1 Å². The van der Waals surface area contributed by atoms with E-state index in [1.54, 1.807) is 32.6 Å². The molecule has 4 rings (SSSR count). The van der Waals surface area contributed by atoms with Gasteiger partial charge >= 0.3 is 0 Å². The van der Waals surface area contributed by atoms with Crippen molar-refractivity contribution in [2.24, 2.45) is 5.10 Å². The van der Waals surface area contributed by atoms with E-state index in [-0.39, 0.29) is 18.1 Å². The van der Waals surface area contributed by atoms with Crippen LogP contribution in [0.1, 0.15) is 10.6 Å². The van der Waals surface area contributed by atoms with Crippen molar-refractivity contribution in [2.45, 2.75) is 0 Å². The fraction of sp³-hybridized carbons (Fsp3) is 0.190. The third kappa shape index (κ3) is 3.43. The molecule has 9 heteroatoms. The first kappa shape index (κ1) is 19.7. The molecular weight excluding hydrogens is 404 g/mol. The maximum absolute atomic E-state index is 10.5. The number of hydrazone groups is 1. The van der Waals surface area contributed by atoms with Crippen molar-refractivity contribution in [1.82, 2.24) is 9.99 Å². The molecule has 0 saturated carbocycles. The summed E-state index contributed by atoms with van der Waals surface area (Å²) in [5.74, 6) is 1.66. The quantitative estimate of drug-likeness (QED) is 0.582. The number of hydrogen-bond acceptors (Lipinski definition) is 8. The number of amidine groups is 1. The number of ether oxygens (including phenoxy) is 3. The van der Waals surface area contributed by atoms with Crippen LogP contribution >= 0.6 is 11.3 Å². The Morgan fingerprint density at radius 3 is 2.47 bits per heavy atom. The Morgan fingerprint density at radius 1 is 1.13 bits per heavy atom. The first-order chi connectivity index (χ1) is 14.5. The molecule has 2 aromatic carbocycles. The van der Waals surface area contributed by atoms with Crippen LogP contribution in [-0.4, -0.2) is 55.0 Å². The maximum Gasteiger partial charge on any atom is 0.203 e. The number of fused-ring (bicyclic) bond motifs is 1. The summed E-state index contributed by atoms with van der Waals surface area (Å²) in [5.41, 5.74) is 1.94. The second kappa shape index (κ2) is 8.03. The Morgan fingerprint density at radius 2 is 1.83 bits per heavy atom. The minimum atomic E-state index is 0.0705. The molecule has 0 atom stereocenters. The molecule has 2 heterocycles. The normalized spacial score (nSPS) is 14.2. The van der Waals surface area contributed by atoms with Gasteiger partial charge < -0.3 is 19.3 Å². The van der Waals surface area contributed by atoms with Gasteiger partial charge in [-0.25, -0.2) is 9.99 Å². The number of methoxy groups -OCH3 is 3.